The number of aromatic amines is 1. The Kier molecular flexibility index (Phi) is 4.20. The number of hydrogen-bond acceptors (Lipinski definition) is 4. The van der Waals surface area contributed by atoms with E-state index in [0.29, 0.717) is 13.0 Å². The molecule has 0 aromatic carbocycles. The van der Waals surface area contributed by atoms with Gasteiger partial charge in [-0.2, -0.15) is 0 Å². The van der Waals surface area contributed by atoms with Crippen molar-refractivity contribution < 1.29 is 9.59 Å². The number of hydrogen-bond donors (Lipinski definition) is 1. The molecule has 1 unspecified atom stereocenters. The number of pyridine rings is 1. The molecular weight excluding hydrogens is 300 g/mol. The lowest BCUT2D eigenvalue weighted by atomic mass is 10.1. The van der Waals surface area contributed by atoms with Gasteiger partial charge in [0.25, 0.3) is 5.91 Å². The molecule has 5 nitrogen and oxygen atoms in total. The zero-order chi connectivity index (χ0) is 15.5. The number of ketones is 1. The first-order chi connectivity index (χ1) is 10.6. The van der Waals surface area contributed by atoms with Gasteiger partial charge in [0.1, 0.15) is 5.69 Å². The summed E-state index contributed by atoms with van der Waals surface area (Å²) in [6.07, 6.45) is 2.04. The van der Waals surface area contributed by atoms with E-state index in [2.05, 4.69) is 4.98 Å². The average molecular weight is 316 g/mol. The van der Waals surface area contributed by atoms with Crippen molar-refractivity contribution >= 4 is 23.0 Å². The summed E-state index contributed by atoms with van der Waals surface area (Å²) < 4.78 is 0. The van der Waals surface area contributed by atoms with Gasteiger partial charge in [0.05, 0.1) is 4.88 Å². The van der Waals surface area contributed by atoms with E-state index in [1.54, 1.807) is 17.0 Å². The molecule has 0 saturated carbocycles. The second kappa shape index (κ2) is 6.27. The maximum absolute atomic E-state index is 12.5. The molecule has 1 N–H and O–H groups in total. The van der Waals surface area contributed by atoms with Gasteiger partial charge in [-0.25, -0.2) is 0 Å². The molecule has 1 aliphatic heterocycles. The molecule has 22 heavy (non-hydrogen) atoms. The Labute approximate surface area is 131 Å². The molecule has 2 aromatic rings. The Bertz CT molecular complexity index is 736. The minimum absolute atomic E-state index is 0.0706. The third-order valence-electron chi connectivity index (χ3n) is 3.85. The normalized spacial score (nSPS) is 17.6. The predicted octanol–water partition coefficient (Wildman–Crippen LogP) is 2.31. The number of H-pyrrole nitrogens is 1. The van der Waals surface area contributed by atoms with Gasteiger partial charge in [0.15, 0.2) is 5.78 Å². The fourth-order valence-corrected chi connectivity index (χ4v) is 3.47. The zero-order valence-electron chi connectivity index (χ0n) is 12.0. The van der Waals surface area contributed by atoms with Crippen LogP contribution in [0.15, 0.2) is 40.5 Å². The molecule has 3 rings (SSSR count). The molecular formula is C16H16N2O3S. The quantitative estimate of drug-likeness (QED) is 0.880. The number of amides is 1. The molecule has 1 saturated heterocycles. The maximum atomic E-state index is 12.5. The van der Waals surface area contributed by atoms with Crippen molar-refractivity contribution in [2.45, 2.75) is 25.3 Å². The molecule has 1 atom stereocenters. The van der Waals surface area contributed by atoms with Crippen molar-refractivity contribution in [1.82, 2.24) is 9.88 Å². The summed E-state index contributed by atoms with van der Waals surface area (Å²) in [5, 5.41) is 1.87. The lowest BCUT2D eigenvalue weighted by Gasteiger charge is -2.24. The monoisotopic (exact) mass is 316 g/mol. The summed E-state index contributed by atoms with van der Waals surface area (Å²) in [7, 11) is 0. The van der Waals surface area contributed by atoms with Gasteiger partial charge in [0, 0.05) is 25.1 Å². The number of carbonyl (C=O) groups is 2. The lowest BCUT2D eigenvalue weighted by Crippen LogP contribution is -2.37. The van der Waals surface area contributed by atoms with E-state index in [1.807, 2.05) is 17.5 Å². The van der Waals surface area contributed by atoms with Gasteiger partial charge in [-0.3, -0.25) is 14.4 Å². The fourth-order valence-electron chi connectivity index (χ4n) is 2.79. The van der Waals surface area contributed by atoms with Crippen molar-refractivity contribution in [3.05, 3.63) is 56.6 Å². The highest BCUT2D eigenvalue weighted by Gasteiger charge is 2.31. The number of likely N-dealkylation sites (tertiary alicyclic amines) is 1. The van der Waals surface area contributed by atoms with Gasteiger partial charge in [0.2, 0.25) is 5.56 Å². The van der Waals surface area contributed by atoms with Gasteiger partial charge in [-0.05, 0) is 30.4 Å². The third-order valence-corrected chi connectivity index (χ3v) is 4.76. The summed E-state index contributed by atoms with van der Waals surface area (Å²) in [4.78, 5) is 41.1. The van der Waals surface area contributed by atoms with Crippen LogP contribution in [0, 0.1) is 0 Å². The number of rotatable bonds is 4. The van der Waals surface area contributed by atoms with Crippen molar-refractivity contribution in [1.29, 1.82) is 0 Å². The van der Waals surface area contributed by atoms with Crippen molar-refractivity contribution in [3.63, 3.8) is 0 Å². The van der Waals surface area contributed by atoms with Crippen molar-refractivity contribution in [2.24, 2.45) is 0 Å². The molecule has 0 radical (unpaired) electrons. The van der Waals surface area contributed by atoms with Crippen LogP contribution in [0.2, 0.25) is 0 Å². The summed E-state index contributed by atoms with van der Waals surface area (Å²) in [6.45, 7) is 0.623. The maximum Gasteiger partial charge on any atom is 0.270 e. The minimum Gasteiger partial charge on any atom is -0.334 e. The first kappa shape index (κ1) is 14.7. The number of nitrogens with one attached hydrogen (secondary N) is 1. The molecule has 3 heterocycles. The highest BCUT2D eigenvalue weighted by Crippen LogP contribution is 2.24. The van der Waals surface area contributed by atoms with Crippen LogP contribution in [0.3, 0.4) is 0 Å². The predicted molar refractivity (Wildman–Crippen MR) is 84.4 cm³/mol. The second-order valence-corrected chi connectivity index (χ2v) is 6.28. The minimum atomic E-state index is -0.295. The molecule has 1 amide bonds. The summed E-state index contributed by atoms with van der Waals surface area (Å²) in [5.74, 6) is -0.138. The van der Waals surface area contributed by atoms with E-state index in [1.165, 1.54) is 17.4 Å². The first-order valence-electron chi connectivity index (χ1n) is 7.22. The Hall–Kier alpha value is -2.21. The molecule has 0 aliphatic carbocycles. The largest absolute Gasteiger partial charge is 0.334 e. The molecule has 2 aromatic heterocycles. The van der Waals surface area contributed by atoms with Crippen LogP contribution in [-0.4, -0.2) is 34.2 Å². The van der Waals surface area contributed by atoms with E-state index < -0.39 is 0 Å². The van der Waals surface area contributed by atoms with Gasteiger partial charge in [-0.15, -0.1) is 11.3 Å². The van der Waals surface area contributed by atoms with E-state index in [0.717, 1.165) is 17.7 Å². The lowest BCUT2D eigenvalue weighted by molar-refractivity contribution is 0.0712. The van der Waals surface area contributed by atoms with Crippen molar-refractivity contribution in [3.8, 4) is 0 Å². The van der Waals surface area contributed by atoms with Gasteiger partial charge in [-0.1, -0.05) is 12.1 Å². The molecule has 1 fully saturated rings. The fraction of sp³-hybridized carbons (Fsp3) is 0.312. The second-order valence-electron chi connectivity index (χ2n) is 5.33. The van der Waals surface area contributed by atoms with E-state index >= 15 is 0 Å². The third kappa shape index (κ3) is 3.01. The van der Waals surface area contributed by atoms with E-state index in [9.17, 15) is 14.4 Å². The van der Waals surface area contributed by atoms with Crippen LogP contribution >= 0.6 is 11.3 Å². The number of carbonyl (C=O) groups excluding carboxylic acids is 2. The molecule has 6 heteroatoms. The molecule has 114 valence electrons. The smallest absolute Gasteiger partial charge is 0.270 e. The Morgan fingerprint density at radius 3 is 2.86 bits per heavy atom. The van der Waals surface area contributed by atoms with Crippen LogP contribution in [0.25, 0.3) is 0 Å². The van der Waals surface area contributed by atoms with Gasteiger partial charge >= 0.3 is 0 Å². The van der Waals surface area contributed by atoms with E-state index in [-0.39, 0.29) is 29.0 Å². The SMILES string of the molecule is O=C(CC1CCCN1C(=O)c1cccc(=O)[nH]1)c1cccs1. The summed E-state index contributed by atoms with van der Waals surface area (Å²) in [5.41, 5.74) is -0.0146. The topological polar surface area (TPSA) is 70.2 Å². The zero-order valence-corrected chi connectivity index (χ0v) is 12.8. The highest BCUT2D eigenvalue weighted by atomic mass is 32.1. The Morgan fingerprint density at radius 2 is 2.14 bits per heavy atom. The van der Waals surface area contributed by atoms with E-state index in [4.69, 9.17) is 0 Å². The van der Waals surface area contributed by atoms with Crippen LogP contribution in [-0.2, 0) is 0 Å². The van der Waals surface area contributed by atoms with Crippen LogP contribution in [0.1, 0.15) is 39.4 Å². The van der Waals surface area contributed by atoms with Crippen LogP contribution in [0.5, 0.6) is 0 Å². The summed E-state index contributed by atoms with van der Waals surface area (Å²) >= 11 is 1.42. The average Bonchev–Trinajstić information content (AvgIpc) is 3.18. The number of thiophene rings is 1. The first-order valence-corrected chi connectivity index (χ1v) is 8.10. The molecule has 0 bridgehead atoms. The summed E-state index contributed by atoms with van der Waals surface area (Å²) in [6, 6.07) is 8.10. The van der Waals surface area contributed by atoms with Crippen LogP contribution in [0.4, 0.5) is 0 Å². The number of nitrogens with zero attached hydrogens (tertiary/aromatic N) is 1. The van der Waals surface area contributed by atoms with Gasteiger partial charge < -0.3 is 9.88 Å². The number of aromatic nitrogens is 1. The van der Waals surface area contributed by atoms with Crippen LogP contribution < -0.4 is 5.56 Å². The standard InChI is InChI=1S/C16H16N2O3S/c19-13(14-6-3-9-22-14)10-11-4-2-8-18(11)16(21)12-5-1-7-15(20)17-12/h1,3,5-7,9,11H,2,4,8,10H2,(H,17,20). The highest BCUT2D eigenvalue weighted by molar-refractivity contribution is 7.12. The molecule has 1 aliphatic rings. The molecule has 0 spiro atoms. The Balaban J connectivity index is 1.74. The van der Waals surface area contributed by atoms with Crippen molar-refractivity contribution in [2.75, 3.05) is 6.54 Å². The Morgan fingerprint density at radius 1 is 1.27 bits per heavy atom. The number of Topliss-reactive ketones (excluding diaryl/α,β-unsaturated/α-hetero) is 1.